The highest BCUT2D eigenvalue weighted by atomic mass is 35.5. The molecule has 0 fully saturated rings. The molecule has 2 aromatic carbocycles. The summed E-state index contributed by atoms with van der Waals surface area (Å²) >= 11 is 11.8. The third kappa shape index (κ3) is 4.96. The lowest BCUT2D eigenvalue weighted by Crippen LogP contribution is -2.30. The number of ether oxygens (including phenoxy) is 1. The second kappa shape index (κ2) is 8.68. The fraction of sp³-hybridized carbons (Fsp3) is 0.190. The standard InChI is InChI=1S/C21H19Cl2N3O3/c1-11-12(2)25-19(24-11)14-4-6-15(7-5-14)21(28)29-13(3)20(27)26-16-8-9-17(22)18(23)10-16/h4-10,13H,1-3H3,(H,24,25)(H,26,27). The summed E-state index contributed by atoms with van der Waals surface area (Å²) in [4.78, 5) is 32.2. The summed E-state index contributed by atoms with van der Waals surface area (Å²) in [5.41, 5.74) is 3.56. The summed E-state index contributed by atoms with van der Waals surface area (Å²) in [6, 6.07) is 11.5. The normalized spacial score (nSPS) is 11.8. The Morgan fingerprint density at radius 3 is 2.34 bits per heavy atom. The number of imidazole rings is 1. The molecule has 0 saturated carbocycles. The van der Waals surface area contributed by atoms with E-state index in [1.54, 1.807) is 36.4 Å². The number of benzene rings is 2. The average Bonchev–Trinajstić information content (AvgIpc) is 3.03. The lowest BCUT2D eigenvalue weighted by Gasteiger charge is -2.14. The second-order valence-corrected chi connectivity index (χ2v) is 7.35. The van der Waals surface area contributed by atoms with Crippen molar-refractivity contribution in [3.05, 3.63) is 69.5 Å². The molecule has 1 heterocycles. The van der Waals surface area contributed by atoms with Crippen molar-refractivity contribution in [3.8, 4) is 11.4 Å². The first-order valence-corrected chi connectivity index (χ1v) is 9.60. The Balaban J connectivity index is 1.62. The summed E-state index contributed by atoms with van der Waals surface area (Å²) < 4.78 is 5.26. The van der Waals surface area contributed by atoms with E-state index in [1.807, 2.05) is 13.8 Å². The van der Waals surface area contributed by atoms with Crippen LogP contribution in [0.25, 0.3) is 11.4 Å². The van der Waals surface area contributed by atoms with Gasteiger partial charge in [0.05, 0.1) is 21.3 Å². The number of halogens is 2. The van der Waals surface area contributed by atoms with Crippen molar-refractivity contribution in [1.82, 2.24) is 9.97 Å². The third-order valence-electron chi connectivity index (χ3n) is 4.36. The molecule has 2 N–H and O–H groups in total. The van der Waals surface area contributed by atoms with Crippen LogP contribution >= 0.6 is 23.2 Å². The monoisotopic (exact) mass is 431 g/mol. The maximum atomic E-state index is 12.4. The van der Waals surface area contributed by atoms with Crippen molar-refractivity contribution in [1.29, 1.82) is 0 Å². The van der Waals surface area contributed by atoms with Crippen molar-refractivity contribution in [2.24, 2.45) is 0 Å². The van der Waals surface area contributed by atoms with E-state index in [2.05, 4.69) is 15.3 Å². The van der Waals surface area contributed by atoms with Crippen LogP contribution in [0.2, 0.25) is 10.0 Å². The molecule has 3 rings (SSSR count). The zero-order chi connectivity index (χ0) is 21.1. The number of rotatable bonds is 5. The van der Waals surface area contributed by atoms with Gasteiger partial charge in [0.2, 0.25) is 0 Å². The van der Waals surface area contributed by atoms with Crippen molar-refractivity contribution >= 4 is 40.8 Å². The van der Waals surface area contributed by atoms with Gasteiger partial charge in [-0.05, 0) is 51.1 Å². The van der Waals surface area contributed by atoms with Gasteiger partial charge in [-0.3, -0.25) is 4.79 Å². The number of aromatic nitrogens is 2. The molecule has 0 aliphatic rings. The molecule has 0 radical (unpaired) electrons. The van der Waals surface area contributed by atoms with E-state index in [-0.39, 0.29) is 0 Å². The Bertz CT molecular complexity index is 1040. The lowest BCUT2D eigenvalue weighted by atomic mass is 10.1. The Labute approximate surface area is 178 Å². The number of carbonyl (C=O) groups is 2. The number of amides is 1. The smallest absolute Gasteiger partial charge is 0.338 e. The van der Waals surface area contributed by atoms with E-state index < -0.39 is 18.0 Å². The van der Waals surface area contributed by atoms with Gasteiger partial charge in [-0.15, -0.1) is 0 Å². The van der Waals surface area contributed by atoms with Gasteiger partial charge < -0.3 is 15.0 Å². The first kappa shape index (κ1) is 20.9. The van der Waals surface area contributed by atoms with E-state index >= 15 is 0 Å². The van der Waals surface area contributed by atoms with Crippen molar-refractivity contribution < 1.29 is 14.3 Å². The van der Waals surface area contributed by atoms with Gasteiger partial charge in [0.15, 0.2) is 6.10 Å². The molecule has 1 atom stereocenters. The number of hydrogen-bond donors (Lipinski definition) is 2. The topological polar surface area (TPSA) is 84.1 Å². The molecule has 1 amide bonds. The number of aryl methyl sites for hydroxylation is 2. The van der Waals surface area contributed by atoms with E-state index in [4.69, 9.17) is 27.9 Å². The van der Waals surface area contributed by atoms with E-state index in [0.717, 1.165) is 22.8 Å². The number of nitrogens with one attached hydrogen (secondary N) is 2. The molecule has 0 bridgehead atoms. The predicted octanol–water partition coefficient (Wildman–Crippen LogP) is 5.18. The summed E-state index contributed by atoms with van der Waals surface area (Å²) in [5.74, 6) is -0.343. The number of H-pyrrole nitrogens is 1. The highest BCUT2D eigenvalue weighted by Gasteiger charge is 2.19. The fourth-order valence-corrected chi connectivity index (χ4v) is 2.85. The molecule has 8 heteroatoms. The molecule has 3 aromatic rings. The van der Waals surface area contributed by atoms with E-state index in [9.17, 15) is 9.59 Å². The maximum Gasteiger partial charge on any atom is 0.338 e. The number of hydrogen-bond acceptors (Lipinski definition) is 4. The minimum Gasteiger partial charge on any atom is -0.449 e. The summed E-state index contributed by atoms with van der Waals surface area (Å²) in [6.45, 7) is 5.36. The Morgan fingerprint density at radius 1 is 1.07 bits per heavy atom. The average molecular weight is 432 g/mol. The number of nitrogens with zero attached hydrogens (tertiary/aromatic N) is 1. The largest absolute Gasteiger partial charge is 0.449 e. The molecule has 1 unspecified atom stereocenters. The van der Waals surface area contributed by atoms with Crippen LogP contribution in [0.1, 0.15) is 28.7 Å². The van der Waals surface area contributed by atoms with Crippen LogP contribution in [-0.4, -0.2) is 27.9 Å². The van der Waals surface area contributed by atoms with Crippen LogP contribution in [0.5, 0.6) is 0 Å². The Hall–Kier alpha value is -2.83. The maximum absolute atomic E-state index is 12.4. The molecule has 6 nitrogen and oxygen atoms in total. The lowest BCUT2D eigenvalue weighted by molar-refractivity contribution is -0.123. The number of esters is 1. The molecule has 150 valence electrons. The molecule has 29 heavy (non-hydrogen) atoms. The zero-order valence-corrected chi connectivity index (χ0v) is 17.6. The molecule has 0 spiro atoms. The molecular weight excluding hydrogens is 413 g/mol. The first-order chi connectivity index (χ1) is 13.7. The van der Waals surface area contributed by atoms with Crippen LogP contribution in [0.3, 0.4) is 0 Å². The molecule has 0 aliphatic heterocycles. The van der Waals surface area contributed by atoms with Crippen molar-refractivity contribution in [2.75, 3.05) is 5.32 Å². The molecule has 1 aromatic heterocycles. The third-order valence-corrected chi connectivity index (χ3v) is 5.10. The van der Waals surface area contributed by atoms with Gasteiger partial charge >= 0.3 is 5.97 Å². The zero-order valence-electron chi connectivity index (χ0n) is 16.0. The number of anilines is 1. The summed E-state index contributed by atoms with van der Waals surface area (Å²) in [5, 5.41) is 3.33. The first-order valence-electron chi connectivity index (χ1n) is 8.85. The predicted molar refractivity (Wildman–Crippen MR) is 113 cm³/mol. The van der Waals surface area contributed by atoms with Crippen molar-refractivity contribution in [2.45, 2.75) is 26.9 Å². The summed E-state index contributed by atoms with van der Waals surface area (Å²) in [6.07, 6.45) is -0.994. The minimum atomic E-state index is -0.994. The highest BCUT2D eigenvalue weighted by Crippen LogP contribution is 2.25. The van der Waals surface area contributed by atoms with E-state index in [1.165, 1.54) is 13.0 Å². The quantitative estimate of drug-likeness (QED) is 0.544. The SMILES string of the molecule is Cc1nc(-c2ccc(C(=O)OC(C)C(=O)Nc3ccc(Cl)c(Cl)c3)cc2)[nH]c1C. The van der Waals surface area contributed by atoms with Crippen LogP contribution in [0.4, 0.5) is 5.69 Å². The van der Waals surface area contributed by atoms with Gasteiger partial charge in [-0.1, -0.05) is 35.3 Å². The van der Waals surface area contributed by atoms with Gasteiger partial charge in [0.1, 0.15) is 5.82 Å². The molecule has 0 aliphatic carbocycles. The van der Waals surface area contributed by atoms with Crippen molar-refractivity contribution in [3.63, 3.8) is 0 Å². The number of carbonyl (C=O) groups excluding carboxylic acids is 2. The summed E-state index contributed by atoms with van der Waals surface area (Å²) in [7, 11) is 0. The Morgan fingerprint density at radius 2 is 1.76 bits per heavy atom. The van der Waals surface area contributed by atoms with Gasteiger partial charge in [-0.2, -0.15) is 0 Å². The fourth-order valence-electron chi connectivity index (χ4n) is 2.55. The minimum absolute atomic E-state index is 0.316. The van der Waals surface area contributed by atoms with E-state index in [0.29, 0.717) is 21.3 Å². The van der Waals surface area contributed by atoms with Crippen LogP contribution in [0.15, 0.2) is 42.5 Å². The van der Waals surface area contributed by atoms with Crippen LogP contribution in [0, 0.1) is 13.8 Å². The van der Waals surface area contributed by atoms with Gasteiger partial charge in [0.25, 0.3) is 5.91 Å². The number of aromatic amines is 1. The van der Waals surface area contributed by atoms with Gasteiger partial charge in [-0.25, -0.2) is 9.78 Å². The van der Waals surface area contributed by atoms with Gasteiger partial charge in [0, 0.05) is 16.9 Å². The highest BCUT2D eigenvalue weighted by molar-refractivity contribution is 6.42. The molecule has 0 saturated heterocycles. The second-order valence-electron chi connectivity index (χ2n) is 6.54. The van der Waals surface area contributed by atoms with Crippen LogP contribution < -0.4 is 5.32 Å². The molecular formula is C21H19Cl2N3O3. The Kier molecular flexibility index (Phi) is 6.25. The van der Waals surface area contributed by atoms with Crippen LogP contribution in [-0.2, 0) is 9.53 Å².